The summed E-state index contributed by atoms with van der Waals surface area (Å²) in [6, 6.07) is 67.6. The van der Waals surface area contributed by atoms with Crippen LogP contribution in [0.5, 0.6) is 0 Å². The highest BCUT2D eigenvalue weighted by Gasteiger charge is 2.26. The second kappa shape index (κ2) is 13.6. The third-order valence-corrected chi connectivity index (χ3v) is 12.3. The highest BCUT2D eigenvalue weighted by atomic mass is 32.1. The van der Waals surface area contributed by atoms with E-state index in [1.165, 1.54) is 53.2 Å². The molecule has 8 aromatic carbocycles. The zero-order valence-electron chi connectivity index (χ0n) is 31.2. The molecule has 0 saturated carbocycles. The van der Waals surface area contributed by atoms with Crippen LogP contribution in [-0.4, -0.2) is 16.2 Å². The molecular weight excluding hydrogens is 713 g/mol. The van der Waals surface area contributed by atoms with E-state index in [4.69, 9.17) is 9.98 Å². The van der Waals surface area contributed by atoms with Gasteiger partial charge >= 0.3 is 0 Å². The Morgan fingerprint density at radius 1 is 0.474 bits per heavy atom. The number of aryl methyl sites for hydroxylation is 1. The lowest BCUT2D eigenvalue weighted by Crippen LogP contribution is -2.34. The summed E-state index contributed by atoms with van der Waals surface area (Å²) in [7, 11) is 0. The summed E-state index contributed by atoms with van der Waals surface area (Å²) in [6.45, 7) is 2.13. The van der Waals surface area contributed by atoms with Gasteiger partial charge in [0.15, 0.2) is 5.84 Å². The van der Waals surface area contributed by atoms with Gasteiger partial charge in [-0.1, -0.05) is 151 Å². The number of thiophene rings is 1. The molecule has 1 unspecified atom stereocenters. The summed E-state index contributed by atoms with van der Waals surface area (Å²) >= 11 is 1.85. The number of nitrogens with zero attached hydrogens (tertiary/aromatic N) is 3. The van der Waals surface area contributed by atoms with Crippen molar-refractivity contribution in [3.05, 3.63) is 210 Å². The molecule has 1 atom stereocenters. The second-order valence-corrected chi connectivity index (χ2v) is 15.8. The SMILES string of the molecule is Cc1ccc(-c2ccc3c4ccccc4n(-c4ccc(-c5ccc6sc7ccccc7c6c5)cc4C4N=C(c5ccccc5)N=C(c5ccccc5)N4)c3c2)cc1. The molecule has 0 saturated heterocycles. The Morgan fingerprint density at radius 2 is 1.09 bits per heavy atom. The normalized spacial score (nSPS) is 14.2. The first-order chi connectivity index (χ1) is 28.1. The first kappa shape index (κ1) is 33.3. The Morgan fingerprint density at radius 3 is 1.91 bits per heavy atom. The van der Waals surface area contributed by atoms with Crippen LogP contribution in [0.4, 0.5) is 0 Å². The van der Waals surface area contributed by atoms with E-state index in [9.17, 15) is 0 Å². The Balaban J connectivity index is 1.17. The lowest BCUT2D eigenvalue weighted by Gasteiger charge is -2.26. The second-order valence-electron chi connectivity index (χ2n) is 14.7. The molecule has 1 N–H and O–H groups in total. The minimum Gasteiger partial charge on any atom is -0.344 e. The molecule has 3 heterocycles. The molecule has 4 nitrogen and oxygen atoms in total. The fourth-order valence-corrected chi connectivity index (χ4v) is 9.37. The molecular formula is C52H36N4S. The molecule has 2 aromatic heterocycles. The summed E-state index contributed by atoms with van der Waals surface area (Å²) in [4.78, 5) is 10.6. The monoisotopic (exact) mass is 748 g/mol. The highest BCUT2D eigenvalue weighted by Crippen LogP contribution is 2.41. The van der Waals surface area contributed by atoms with Crippen LogP contribution in [0.1, 0.15) is 28.4 Å². The molecule has 0 radical (unpaired) electrons. The van der Waals surface area contributed by atoms with Gasteiger partial charge in [0.05, 0.1) is 16.7 Å². The van der Waals surface area contributed by atoms with E-state index in [2.05, 4.69) is 181 Å². The van der Waals surface area contributed by atoms with Crippen LogP contribution >= 0.6 is 11.3 Å². The number of aliphatic imine (C=N–C) groups is 2. The maximum absolute atomic E-state index is 5.43. The number of hydrogen-bond donors (Lipinski definition) is 1. The van der Waals surface area contributed by atoms with Gasteiger partial charge in [-0.15, -0.1) is 11.3 Å². The number of benzene rings is 8. The van der Waals surface area contributed by atoms with Crippen LogP contribution in [-0.2, 0) is 0 Å². The van der Waals surface area contributed by atoms with Crippen molar-refractivity contribution in [3.63, 3.8) is 0 Å². The molecule has 10 aromatic rings. The topological polar surface area (TPSA) is 41.7 Å². The minimum absolute atomic E-state index is 0.440. The Labute approximate surface area is 334 Å². The third kappa shape index (κ3) is 5.83. The largest absolute Gasteiger partial charge is 0.344 e. The molecule has 0 fully saturated rings. The van der Waals surface area contributed by atoms with E-state index in [-0.39, 0.29) is 0 Å². The van der Waals surface area contributed by atoms with Crippen molar-refractivity contribution in [2.75, 3.05) is 0 Å². The van der Waals surface area contributed by atoms with Crippen LogP contribution in [0.25, 0.3) is 69.9 Å². The maximum atomic E-state index is 5.43. The van der Waals surface area contributed by atoms with E-state index < -0.39 is 6.17 Å². The van der Waals surface area contributed by atoms with Crippen molar-refractivity contribution in [1.82, 2.24) is 9.88 Å². The smallest absolute Gasteiger partial charge is 0.159 e. The number of rotatable bonds is 6. The first-order valence-electron chi connectivity index (χ1n) is 19.3. The lowest BCUT2D eigenvalue weighted by atomic mass is 9.98. The Kier molecular flexibility index (Phi) is 7.93. The van der Waals surface area contributed by atoms with Gasteiger partial charge in [0.25, 0.3) is 0 Å². The Hall–Kier alpha value is -7.08. The van der Waals surface area contributed by atoms with Gasteiger partial charge in [0, 0.05) is 47.6 Å². The van der Waals surface area contributed by atoms with Gasteiger partial charge in [-0.3, -0.25) is 0 Å². The lowest BCUT2D eigenvalue weighted by molar-refractivity contribution is 0.671. The van der Waals surface area contributed by atoms with Crippen LogP contribution in [0.15, 0.2) is 198 Å². The maximum Gasteiger partial charge on any atom is 0.159 e. The van der Waals surface area contributed by atoms with E-state index in [1.807, 2.05) is 35.6 Å². The van der Waals surface area contributed by atoms with Crippen LogP contribution in [0.2, 0.25) is 0 Å². The van der Waals surface area contributed by atoms with Crippen LogP contribution in [0.3, 0.4) is 0 Å². The van der Waals surface area contributed by atoms with Gasteiger partial charge in [0.2, 0.25) is 0 Å². The highest BCUT2D eigenvalue weighted by molar-refractivity contribution is 7.25. The standard InChI is InChI=1S/C52H36N4S/c1-33-20-22-34(23-21-33)39-24-27-41-40-16-8-10-18-45(40)56(47(41)32-39)46-28-25-37(38-26-29-49-43(30-38)42-17-9-11-19-48(42)57-49)31-44(46)52-54-50(35-12-4-2-5-13-35)53-51(55-52)36-14-6-3-7-15-36/h2-32,52H,1H3,(H,53,54,55). The van der Waals surface area contributed by atoms with Gasteiger partial charge in [0.1, 0.15) is 12.0 Å². The molecule has 270 valence electrons. The van der Waals surface area contributed by atoms with E-state index >= 15 is 0 Å². The molecule has 0 amide bonds. The molecule has 0 bridgehead atoms. The zero-order valence-corrected chi connectivity index (χ0v) is 32.0. The Bertz CT molecular complexity index is 3210. The predicted molar refractivity (Wildman–Crippen MR) is 241 cm³/mol. The summed E-state index contributed by atoms with van der Waals surface area (Å²) in [5.74, 6) is 1.49. The van der Waals surface area contributed by atoms with Crippen LogP contribution in [0, 0.1) is 6.92 Å². The van der Waals surface area contributed by atoms with E-state index in [0.29, 0.717) is 5.84 Å². The number of fused-ring (bicyclic) bond motifs is 6. The zero-order chi connectivity index (χ0) is 37.9. The average Bonchev–Trinajstić information content (AvgIpc) is 3.82. The fraction of sp³-hybridized carbons (Fsp3) is 0.0385. The number of hydrogen-bond acceptors (Lipinski definition) is 4. The minimum atomic E-state index is -0.440. The molecule has 1 aliphatic rings. The molecule has 0 spiro atoms. The van der Waals surface area contributed by atoms with E-state index in [1.54, 1.807) is 0 Å². The predicted octanol–water partition coefficient (Wildman–Crippen LogP) is 13.3. The van der Waals surface area contributed by atoms with Gasteiger partial charge in [-0.2, -0.15) is 0 Å². The number of para-hydroxylation sites is 1. The number of amidine groups is 2. The fourth-order valence-electron chi connectivity index (χ4n) is 8.29. The molecule has 0 aliphatic carbocycles. The van der Waals surface area contributed by atoms with Crippen molar-refractivity contribution >= 4 is 65.0 Å². The summed E-state index contributed by atoms with van der Waals surface area (Å²) in [6.07, 6.45) is -0.440. The molecule has 57 heavy (non-hydrogen) atoms. The summed E-state index contributed by atoms with van der Waals surface area (Å²) < 4.78 is 5.03. The molecule has 1 aliphatic heterocycles. The van der Waals surface area contributed by atoms with Crippen molar-refractivity contribution in [3.8, 4) is 27.9 Å². The quantitative estimate of drug-likeness (QED) is 0.181. The third-order valence-electron chi connectivity index (χ3n) is 11.2. The van der Waals surface area contributed by atoms with Crippen molar-refractivity contribution in [2.24, 2.45) is 9.98 Å². The first-order valence-corrected chi connectivity index (χ1v) is 20.2. The van der Waals surface area contributed by atoms with Gasteiger partial charge < -0.3 is 9.88 Å². The number of nitrogens with one attached hydrogen (secondary N) is 1. The van der Waals surface area contributed by atoms with Gasteiger partial charge in [-0.25, -0.2) is 9.98 Å². The van der Waals surface area contributed by atoms with Gasteiger partial charge in [-0.05, 0) is 71.6 Å². The van der Waals surface area contributed by atoms with Crippen molar-refractivity contribution < 1.29 is 0 Å². The molecule has 5 heteroatoms. The van der Waals surface area contributed by atoms with Crippen molar-refractivity contribution in [2.45, 2.75) is 13.1 Å². The number of aromatic nitrogens is 1. The molecule has 11 rings (SSSR count). The van der Waals surface area contributed by atoms with Crippen LogP contribution < -0.4 is 5.32 Å². The average molecular weight is 749 g/mol. The van der Waals surface area contributed by atoms with Crippen molar-refractivity contribution in [1.29, 1.82) is 0 Å². The van der Waals surface area contributed by atoms with E-state index in [0.717, 1.165) is 44.8 Å². The summed E-state index contributed by atoms with van der Waals surface area (Å²) in [5.41, 5.74) is 12.3. The summed E-state index contributed by atoms with van der Waals surface area (Å²) in [5, 5.41) is 8.80.